The summed E-state index contributed by atoms with van der Waals surface area (Å²) < 4.78 is 0. The molecule has 0 fully saturated rings. The van der Waals surface area contributed by atoms with Crippen LogP contribution >= 0.6 is 11.3 Å². The van der Waals surface area contributed by atoms with Gasteiger partial charge in [0.1, 0.15) is 16.2 Å². The first-order valence-corrected chi connectivity index (χ1v) is 6.44. The quantitative estimate of drug-likeness (QED) is 0.644. The van der Waals surface area contributed by atoms with E-state index in [9.17, 15) is 5.11 Å². The average Bonchev–Trinajstić information content (AvgIpc) is 2.84. The number of nitrogens with one attached hydrogen (secondary N) is 2. The third kappa shape index (κ3) is 2.69. The highest BCUT2D eigenvalue weighted by molar-refractivity contribution is 7.16. The number of hydrogen-bond donors (Lipinski definition) is 4. The molecule has 2 aromatic rings. The minimum absolute atomic E-state index is 0.217. The third-order valence-corrected chi connectivity index (χ3v) is 3.33. The minimum Gasteiger partial charge on any atom is -0.393 e. The van der Waals surface area contributed by atoms with Crippen LogP contribution in [0.2, 0.25) is 0 Å². The van der Waals surface area contributed by atoms with Crippen molar-refractivity contribution in [2.24, 2.45) is 0 Å². The molecule has 0 bridgehead atoms. The van der Waals surface area contributed by atoms with Crippen LogP contribution in [0.15, 0.2) is 11.4 Å². The smallest absolute Gasteiger partial charge is 0.225 e. The maximum absolute atomic E-state index is 9.76. The molecule has 1 unspecified atom stereocenters. The summed E-state index contributed by atoms with van der Waals surface area (Å²) in [6.45, 7) is 1.47. The van der Waals surface area contributed by atoms with Crippen molar-refractivity contribution >= 4 is 33.3 Å². The van der Waals surface area contributed by atoms with Crippen molar-refractivity contribution in [2.45, 2.75) is 12.5 Å². The number of aromatic nitrogens is 2. The molecular weight excluding hydrogens is 252 g/mol. The van der Waals surface area contributed by atoms with Crippen LogP contribution in [0.3, 0.4) is 0 Å². The molecule has 0 amide bonds. The molecule has 1 atom stereocenters. The monoisotopic (exact) mass is 268 g/mol. The van der Waals surface area contributed by atoms with Gasteiger partial charge in [0.05, 0.1) is 12.0 Å². The Hall–Kier alpha value is -1.44. The molecule has 2 heterocycles. The summed E-state index contributed by atoms with van der Waals surface area (Å²) >= 11 is 1.53. The second kappa shape index (κ2) is 5.05. The van der Waals surface area contributed by atoms with Crippen LogP contribution in [-0.2, 0) is 0 Å². The fourth-order valence-electron chi connectivity index (χ4n) is 1.43. The molecule has 7 heteroatoms. The van der Waals surface area contributed by atoms with Crippen molar-refractivity contribution in [1.82, 2.24) is 9.97 Å². The van der Waals surface area contributed by atoms with Crippen LogP contribution in [0.5, 0.6) is 0 Å². The minimum atomic E-state index is -1.17. The maximum atomic E-state index is 9.76. The fraction of sp³-hybridized carbons (Fsp3) is 0.455. The summed E-state index contributed by atoms with van der Waals surface area (Å²) in [5.74, 6) is 1.18. The summed E-state index contributed by atoms with van der Waals surface area (Å²) in [7, 11) is 1.75. The SMILES string of the molecule is CNc1nc(NCC(C)(O)CO)c2ccsc2n1. The number of aliphatic hydroxyl groups is 2. The second-order valence-electron chi connectivity index (χ2n) is 4.29. The Morgan fingerprint density at radius 2 is 2.22 bits per heavy atom. The van der Waals surface area contributed by atoms with Gasteiger partial charge < -0.3 is 20.8 Å². The molecule has 0 radical (unpaired) electrons. The summed E-state index contributed by atoms with van der Waals surface area (Å²) in [5, 5.41) is 27.6. The van der Waals surface area contributed by atoms with Gasteiger partial charge in [-0.15, -0.1) is 11.3 Å². The summed E-state index contributed by atoms with van der Waals surface area (Å²) in [6.07, 6.45) is 0. The summed E-state index contributed by atoms with van der Waals surface area (Å²) in [6, 6.07) is 1.93. The highest BCUT2D eigenvalue weighted by atomic mass is 32.1. The van der Waals surface area contributed by atoms with Crippen LogP contribution < -0.4 is 10.6 Å². The lowest BCUT2D eigenvalue weighted by atomic mass is 10.1. The van der Waals surface area contributed by atoms with E-state index in [1.807, 2.05) is 11.4 Å². The number of aliphatic hydroxyl groups excluding tert-OH is 1. The Bertz CT molecular complexity index is 541. The zero-order chi connectivity index (χ0) is 13.2. The molecular formula is C11H16N4O2S. The van der Waals surface area contributed by atoms with Gasteiger partial charge in [0.25, 0.3) is 0 Å². The molecule has 0 aliphatic rings. The normalized spacial score (nSPS) is 14.4. The Kier molecular flexibility index (Phi) is 3.65. The van der Waals surface area contributed by atoms with Gasteiger partial charge in [-0.05, 0) is 18.4 Å². The van der Waals surface area contributed by atoms with Crippen LogP contribution in [-0.4, -0.2) is 46.0 Å². The molecule has 2 aromatic heterocycles. The predicted octanol–water partition coefficient (Wildman–Crippen LogP) is 0.888. The van der Waals surface area contributed by atoms with Crippen LogP contribution in [0.1, 0.15) is 6.92 Å². The lowest BCUT2D eigenvalue weighted by Gasteiger charge is -2.21. The van der Waals surface area contributed by atoms with E-state index in [1.165, 1.54) is 11.3 Å². The molecule has 0 saturated heterocycles. The zero-order valence-electron chi connectivity index (χ0n) is 10.3. The first-order valence-electron chi connectivity index (χ1n) is 5.56. The zero-order valence-corrected chi connectivity index (χ0v) is 11.1. The maximum Gasteiger partial charge on any atom is 0.225 e. The number of nitrogens with zero attached hydrogens (tertiary/aromatic N) is 2. The van der Waals surface area contributed by atoms with E-state index < -0.39 is 5.60 Å². The number of hydrogen-bond acceptors (Lipinski definition) is 7. The first kappa shape index (κ1) is 13.0. The molecule has 18 heavy (non-hydrogen) atoms. The van der Waals surface area contributed by atoms with Crippen LogP contribution in [0, 0.1) is 0 Å². The number of rotatable bonds is 5. The number of anilines is 2. The highest BCUT2D eigenvalue weighted by Gasteiger charge is 2.19. The van der Waals surface area contributed by atoms with Crippen molar-refractivity contribution < 1.29 is 10.2 Å². The predicted molar refractivity (Wildman–Crippen MR) is 73.2 cm³/mol. The van der Waals surface area contributed by atoms with Gasteiger partial charge in [-0.3, -0.25) is 0 Å². The van der Waals surface area contributed by atoms with Crippen molar-refractivity contribution in [2.75, 3.05) is 30.8 Å². The topological polar surface area (TPSA) is 90.3 Å². The third-order valence-electron chi connectivity index (χ3n) is 2.53. The van der Waals surface area contributed by atoms with Crippen molar-refractivity contribution in [3.8, 4) is 0 Å². The molecule has 0 spiro atoms. The largest absolute Gasteiger partial charge is 0.393 e. The molecule has 0 aromatic carbocycles. The molecule has 98 valence electrons. The Morgan fingerprint density at radius 1 is 1.44 bits per heavy atom. The summed E-state index contributed by atoms with van der Waals surface area (Å²) in [4.78, 5) is 9.51. The molecule has 4 N–H and O–H groups in total. The second-order valence-corrected chi connectivity index (χ2v) is 5.19. The number of fused-ring (bicyclic) bond motifs is 1. The van der Waals surface area contributed by atoms with Gasteiger partial charge in [0, 0.05) is 13.6 Å². The molecule has 2 rings (SSSR count). The van der Waals surface area contributed by atoms with Gasteiger partial charge in [-0.2, -0.15) is 4.98 Å². The van der Waals surface area contributed by atoms with E-state index in [4.69, 9.17) is 5.11 Å². The molecule has 6 nitrogen and oxygen atoms in total. The van der Waals surface area contributed by atoms with E-state index in [-0.39, 0.29) is 13.2 Å². The van der Waals surface area contributed by atoms with E-state index in [0.29, 0.717) is 11.8 Å². The Labute approximate surface area is 109 Å². The highest BCUT2D eigenvalue weighted by Crippen LogP contribution is 2.26. The molecule has 0 aliphatic heterocycles. The number of thiophene rings is 1. The van der Waals surface area contributed by atoms with Gasteiger partial charge >= 0.3 is 0 Å². The van der Waals surface area contributed by atoms with Crippen molar-refractivity contribution in [3.05, 3.63) is 11.4 Å². The lowest BCUT2D eigenvalue weighted by molar-refractivity contribution is 0.0132. The molecule has 0 aliphatic carbocycles. The Morgan fingerprint density at radius 3 is 2.89 bits per heavy atom. The Balaban J connectivity index is 2.28. The van der Waals surface area contributed by atoms with Crippen LogP contribution in [0.4, 0.5) is 11.8 Å². The fourth-order valence-corrected chi connectivity index (χ4v) is 2.20. The lowest BCUT2D eigenvalue weighted by Crippen LogP contribution is -2.37. The van der Waals surface area contributed by atoms with E-state index in [0.717, 1.165) is 10.2 Å². The van der Waals surface area contributed by atoms with E-state index in [1.54, 1.807) is 14.0 Å². The van der Waals surface area contributed by atoms with Gasteiger partial charge in [-0.1, -0.05) is 0 Å². The van der Waals surface area contributed by atoms with Gasteiger partial charge in [0.2, 0.25) is 5.95 Å². The first-order chi connectivity index (χ1) is 8.55. The van der Waals surface area contributed by atoms with E-state index in [2.05, 4.69) is 20.6 Å². The summed E-state index contributed by atoms with van der Waals surface area (Å²) in [5.41, 5.74) is -1.17. The van der Waals surface area contributed by atoms with Gasteiger partial charge in [-0.25, -0.2) is 4.98 Å². The van der Waals surface area contributed by atoms with Gasteiger partial charge in [0.15, 0.2) is 0 Å². The standard InChI is InChI=1S/C11H16N4O2S/c1-11(17,6-16)5-13-8-7-3-4-18-9(7)15-10(12-2)14-8/h3-4,16-17H,5-6H2,1-2H3,(H2,12,13,14,15). The van der Waals surface area contributed by atoms with Crippen LogP contribution in [0.25, 0.3) is 10.2 Å². The molecule has 0 saturated carbocycles. The van der Waals surface area contributed by atoms with E-state index >= 15 is 0 Å². The van der Waals surface area contributed by atoms with Crippen molar-refractivity contribution in [3.63, 3.8) is 0 Å². The van der Waals surface area contributed by atoms with Crippen molar-refractivity contribution in [1.29, 1.82) is 0 Å². The average molecular weight is 268 g/mol.